The van der Waals surface area contributed by atoms with Crippen molar-refractivity contribution in [1.82, 2.24) is 15.5 Å². The zero-order valence-electron chi connectivity index (χ0n) is 17.3. The molecule has 1 aromatic rings. The molecule has 0 radical (unpaired) electrons. The Labute approximate surface area is 167 Å². The van der Waals surface area contributed by atoms with E-state index in [0.717, 1.165) is 18.4 Å². The number of nitrogens with zero attached hydrogens (tertiary/aromatic N) is 1. The molecule has 1 aromatic carbocycles. The predicted molar refractivity (Wildman–Crippen MR) is 109 cm³/mol. The zero-order chi connectivity index (χ0) is 20.4. The third kappa shape index (κ3) is 6.94. The minimum Gasteiger partial charge on any atom is -0.497 e. The number of carbonyl (C=O) groups is 2. The van der Waals surface area contributed by atoms with Gasteiger partial charge in [-0.25, -0.2) is 4.79 Å². The van der Waals surface area contributed by atoms with Gasteiger partial charge in [0.1, 0.15) is 11.5 Å². The van der Waals surface area contributed by atoms with E-state index in [1.54, 1.807) is 26.2 Å². The number of rotatable bonds is 9. The summed E-state index contributed by atoms with van der Waals surface area (Å²) in [5.74, 6) is 1.44. The molecule has 2 rings (SSSR count). The van der Waals surface area contributed by atoms with Crippen LogP contribution in [0.4, 0.5) is 4.79 Å². The van der Waals surface area contributed by atoms with Crippen LogP contribution in [0.15, 0.2) is 18.2 Å². The van der Waals surface area contributed by atoms with Gasteiger partial charge in [-0.1, -0.05) is 19.3 Å². The van der Waals surface area contributed by atoms with Crippen LogP contribution in [0.25, 0.3) is 0 Å². The fourth-order valence-corrected chi connectivity index (χ4v) is 3.44. The normalized spacial score (nSPS) is 14.2. The summed E-state index contributed by atoms with van der Waals surface area (Å²) in [6.07, 6.45) is 6.75. The van der Waals surface area contributed by atoms with Crippen molar-refractivity contribution in [1.29, 1.82) is 0 Å². The molecule has 0 aliphatic heterocycles. The van der Waals surface area contributed by atoms with Crippen LogP contribution in [0.1, 0.15) is 50.5 Å². The Morgan fingerprint density at radius 2 is 1.89 bits per heavy atom. The lowest BCUT2D eigenvalue weighted by Crippen LogP contribution is -2.43. The number of urea groups is 1. The minimum absolute atomic E-state index is 0.0346. The highest BCUT2D eigenvalue weighted by Crippen LogP contribution is 2.25. The molecular formula is C21H33N3O4. The minimum atomic E-state index is -0.129. The van der Waals surface area contributed by atoms with Crippen LogP contribution >= 0.6 is 0 Å². The first-order valence-electron chi connectivity index (χ1n) is 10.0. The molecule has 0 atom stereocenters. The molecule has 1 fully saturated rings. The molecule has 0 aromatic heterocycles. The lowest BCUT2D eigenvalue weighted by Gasteiger charge is -2.23. The lowest BCUT2D eigenvalue weighted by atomic mass is 9.96. The van der Waals surface area contributed by atoms with Crippen molar-refractivity contribution in [3.8, 4) is 11.5 Å². The maximum Gasteiger partial charge on any atom is 0.315 e. The number of nitrogens with one attached hydrogen (secondary N) is 2. The second-order valence-corrected chi connectivity index (χ2v) is 7.27. The van der Waals surface area contributed by atoms with Gasteiger partial charge in [-0.05, 0) is 31.4 Å². The molecule has 0 saturated heterocycles. The summed E-state index contributed by atoms with van der Waals surface area (Å²) in [5, 5.41) is 5.87. The monoisotopic (exact) mass is 391 g/mol. The first-order valence-corrected chi connectivity index (χ1v) is 10.0. The fraction of sp³-hybridized carbons (Fsp3) is 0.619. The van der Waals surface area contributed by atoms with Gasteiger partial charge in [-0.3, -0.25) is 4.79 Å². The average molecular weight is 392 g/mol. The highest BCUT2D eigenvalue weighted by molar-refractivity contribution is 5.76. The lowest BCUT2D eigenvalue weighted by molar-refractivity contribution is -0.130. The first-order chi connectivity index (χ1) is 13.5. The summed E-state index contributed by atoms with van der Waals surface area (Å²) in [4.78, 5) is 25.9. The highest BCUT2D eigenvalue weighted by Gasteiger charge is 2.16. The molecule has 0 unspecified atom stereocenters. The van der Waals surface area contributed by atoms with Gasteiger partial charge in [0.2, 0.25) is 5.91 Å². The summed E-state index contributed by atoms with van der Waals surface area (Å²) >= 11 is 0. The van der Waals surface area contributed by atoms with Crippen LogP contribution in [0.5, 0.6) is 11.5 Å². The number of ether oxygens (including phenoxy) is 2. The summed E-state index contributed by atoms with van der Waals surface area (Å²) in [6, 6.07) is 5.73. The number of benzene rings is 1. The summed E-state index contributed by atoms with van der Waals surface area (Å²) in [6.45, 7) is 0.950. The van der Waals surface area contributed by atoms with Gasteiger partial charge in [-0.2, -0.15) is 0 Å². The summed E-state index contributed by atoms with van der Waals surface area (Å²) in [5.41, 5.74) is 0.920. The molecule has 1 aliphatic rings. The molecule has 28 heavy (non-hydrogen) atoms. The fourth-order valence-electron chi connectivity index (χ4n) is 3.44. The maximum atomic E-state index is 12.4. The Bertz CT molecular complexity index is 645. The van der Waals surface area contributed by atoms with Gasteiger partial charge in [0, 0.05) is 44.2 Å². The molecule has 0 bridgehead atoms. The molecule has 0 spiro atoms. The van der Waals surface area contributed by atoms with E-state index in [4.69, 9.17) is 9.47 Å². The van der Waals surface area contributed by atoms with Crippen molar-refractivity contribution in [3.05, 3.63) is 23.8 Å². The molecule has 7 nitrogen and oxygen atoms in total. The van der Waals surface area contributed by atoms with Crippen molar-refractivity contribution in [3.63, 3.8) is 0 Å². The molecule has 0 heterocycles. The second-order valence-electron chi connectivity index (χ2n) is 7.27. The quantitative estimate of drug-likeness (QED) is 0.634. The van der Waals surface area contributed by atoms with Crippen molar-refractivity contribution < 1.29 is 19.1 Å². The Kier molecular flexibility index (Phi) is 8.91. The van der Waals surface area contributed by atoms with Crippen molar-refractivity contribution in [2.45, 2.75) is 57.5 Å². The van der Waals surface area contributed by atoms with Crippen LogP contribution < -0.4 is 20.1 Å². The average Bonchev–Trinajstić information content (AvgIpc) is 2.72. The molecule has 1 saturated carbocycles. The predicted octanol–water partition coefficient (Wildman–Crippen LogP) is 3.07. The van der Waals surface area contributed by atoms with Gasteiger partial charge in [0.05, 0.1) is 14.2 Å². The first kappa shape index (κ1) is 21.9. The van der Waals surface area contributed by atoms with E-state index in [1.165, 1.54) is 19.3 Å². The van der Waals surface area contributed by atoms with E-state index >= 15 is 0 Å². The molecular weight excluding hydrogens is 358 g/mol. The standard InChI is InChI=1S/C21H33N3O4/c1-24(15-16-11-12-18(27-2)14-19(16)28-3)20(25)10-7-13-22-21(26)23-17-8-5-4-6-9-17/h11-12,14,17H,4-10,13,15H2,1-3H3,(H2,22,23,26). The third-order valence-electron chi connectivity index (χ3n) is 5.12. The second kappa shape index (κ2) is 11.4. The Hall–Kier alpha value is -2.44. The SMILES string of the molecule is COc1ccc(CN(C)C(=O)CCCNC(=O)NC2CCCCC2)c(OC)c1. The third-order valence-corrected chi connectivity index (χ3v) is 5.12. The Morgan fingerprint density at radius 3 is 2.57 bits per heavy atom. The highest BCUT2D eigenvalue weighted by atomic mass is 16.5. The van der Waals surface area contributed by atoms with Gasteiger partial charge in [-0.15, -0.1) is 0 Å². The summed E-state index contributed by atoms with van der Waals surface area (Å²) in [7, 11) is 4.98. The van der Waals surface area contributed by atoms with E-state index in [-0.39, 0.29) is 11.9 Å². The van der Waals surface area contributed by atoms with E-state index in [2.05, 4.69) is 10.6 Å². The summed E-state index contributed by atoms with van der Waals surface area (Å²) < 4.78 is 10.6. The number of amides is 3. The van der Waals surface area contributed by atoms with Gasteiger partial charge >= 0.3 is 6.03 Å². The number of hydrogen-bond donors (Lipinski definition) is 2. The number of carbonyl (C=O) groups excluding carboxylic acids is 2. The topological polar surface area (TPSA) is 79.9 Å². The molecule has 2 N–H and O–H groups in total. The Balaban J connectivity index is 1.68. The van der Waals surface area contributed by atoms with Crippen molar-refractivity contribution >= 4 is 11.9 Å². The van der Waals surface area contributed by atoms with Gasteiger partial charge < -0.3 is 25.0 Å². The largest absolute Gasteiger partial charge is 0.497 e. The number of hydrogen-bond acceptors (Lipinski definition) is 4. The molecule has 3 amide bonds. The van der Waals surface area contributed by atoms with Crippen molar-refractivity contribution in [2.24, 2.45) is 0 Å². The van der Waals surface area contributed by atoms with E-state index < -0.39 is 0 Å². The van der Waals surface area contributed by atoms with Crippen molar-refractivity contribution in [2.75, 3.05) is 27.8 Å². The molecule has 7 heteroatoms. The Morgan fingerprint density at radius 1 is 1.14 bits per heavy atom. The van der Waals surface area contributed by atoms with E-state index in [1.807, 2.05) is 18.2 Å². The molecule has 1 aliphatic carbocycles. The molecule has 156 valence electrons. The maximum absolute atomic E-state index is 12.4. The zero-order valence-corrected chi connectivity index (χ0v) is 17.3. The van der Waals surface area contributed by atoms with Crippen LogP contribution in [-0.4, -0.2) is 50.7 Å². The smallest absolute Gasteiger partial charge is 0.315 e. The van der Waals surface area contributed by atoms with Gasteiger partial charge in [0.15, 0.2) is 0 Å². The van der Waals surface area contributed by atoms with Crippen LogP contribution in [-0.2, 0) is 11.3 Å². The number of methoxy groups -OCH3 is 2. The van der Waals surface area contributed by atoms with Crippen LogP contribution in [0.3, 0.4) is 0 Å². The van der Waals surface area contributed by atoms with E-state index in [0.29, 0.717) is 43.5 Å². The van der Waals surface area contributed by atoms with E-state index in [9.17, 15) is 9.59 Å². The van der Waals surface area contributed by atoms with Crippen LogP contribution in [0.2, 0.25) is 0 Å². The van der Waals surface area contributed by atoms with Crippen LogP contribution in [0, 0.1) is 0 Å². The van der Waals surface area contributed by atoms with Gasteiger partial charge in [0.25, 0.3) is 0 Å².